The van der Waals surface area contributed by atoms with Gasteiger partial charge in [-0.05, 0) is 43.4 Å². The molecule has 0 saturated carbocycles. The monoisotopic (exact) mass is 323 g/mol. The standard InChI is InChI=1S/C20H21NOS/c1-14-8-10-15(11-9-14)17-6-4-12-21(17)20(22)19-13-16-5-2-3-7-18(16)23-19/h2-3,5,7-11,17,19H,4,6,12-13H2,1H3. The van der Waals surface area contributed by atoms with E-state index in [9.17, 15) is 4.79 Å². The molecule has 118 valence electrons. The van der Waals surface area contributed by atoms with Gasteiger partial charge in [0.1, 0.15) is 0 Å². The highest BCUT2D eigenvalue weighted by atomic mass is 32.2. The van der Waals surface area contributed by atoms with Gasteiger partial charge in [0, 0.05) is 11.4 Å². The van der Waals surface area contributed by atoms with Crippen molar-refractivity contribution in [2.45, 2.75) is 42.4 Å². The number of benzene rings is 2. The van der Waals surface area contributed by atoms with Gasteiger partial charge in [0.25, 0.3) is 0 Å². The number of nitrogens with zero attached hydrogens (tertiary/aromatic N) is 1. The predicted molar refractivity (Wildman–Crippen MR) is 94.7 cm³/mol. The first-order valence-electron chi connectivity index (χ1n) is 8.34. The number of likely N-dealkylation sites (tertiary alicyclic amines) is 1. The van der Waals surface area contributed by atoms with Gasteiger partial charge >= 0.3 is 0 Å². The van der Waals surface area contributed by atoms with E-state index in [1.54, 1.807) is 11.8 Å². The average Bonchev–Trinajstić information content (AvgIpc) is 3.21. The van der Waals surface area contributed by atoms with E-state index in [0.29, 0.717) is 5.91 Å². The maximum Gasteiger partial charge on any atom is 0.236 e. The molecular formula is C20H21NOS. The minimum atomic E-state index is 0.0541. The molecule has 2 aromatic carbocycles. The zero-order valence-electron chi connectivity index (χ0n) is 13.4. The second-order valence-corrected chi connectivity index (χ2v) is 7.76. The Balaban J connectivity index is 1.53. The predicted octanol–water partition coefficient (Wildman–Crippen LogP) is 4.38. The lowest BCUT2D eigenvalue weighted by Gasteiger charge is -2.27. The first-order valence-corrected chi connectivity index (χ1v) is 9.22. The van der Waals surface area contributed by atoms with E-state index >= 15 is 0 Å². The number of aryl methyl sites for hydroxylation is 1. The summed E-state index contributed by atoms with van der Waals surface area (Å²) in [6.45, 7) is 3.00. The fourth-order valence-electron chi connectivity index (χ4n) is 3.67. The second kappa shape index (κ2) is 6.04. The van der Waals surface area contributed by atoms with Gasteiger partial charge in [-0.15, -0.1) is 11.8 Å². The molecule has 2 unspecified atom stereocenters. The molecule has 0 aliphatic carbocycles. The molecule has 1 amide bonds. The molecule has 23 heavy (non-hydrogen) atoms. The van der Waals surface area contributed by atoms with E-state index < -0.39 is 0 Å². The summed E-state index contributed by atoms with van der Waals surface area (Å²) < 4.78 is 0. The summed E-state index contributed by atoms with van der Waals surface area (Å²) in [4.78, 5) is 16.5. The van der Waals surface area contributed by atoms with Crippen molar-refractivity contribution in [1.29, 1.82) is 0 Å². The van der Waals surface area contributed by atoms with Crippen LogP contribution in [0.1, 0.15) is 35.6 Å². The van der Waals surface area contributed by atoms with Crippen LogP contribution in [0.2, 0.25) is 0 Å². The molecule has 1 saturated heterocycles. The van der Waals surface area contributed by atoms with Crippen molar-refractivity contribution in [2.24, 2.45) is 0 Å². The van der Waals surface area contributed by atoms with Gasteiger partial charge in [0.2, 0.25) is 5.91 Å². The molecule has 2 aliphatic heterocycles. The van der Waals surface area contributed by atoms with Gasteiger partial charge in [-0.1, -0.05) is 48.0 Å². The van der Waals surface area contributed by atoms with Gasteiger partial charge in [-0.3, -0.25) is 4.79 Å². The van der Waals surface area contributed by atoms with E-state index in [0.717, 1.165) is 25.8 Å². The van der Waals surface area contributed by atoms with Crippen molar-refractivity contribution in [1.82, 2.24) is 4.90 Å². The fraction of sp³-hybridized carbons (Fsp3) is 0.350. The molecule has 0 bridgehead atoms. The van der Waals surface area contributed by atoms with Crippen LogP contribution in [-0.2, 0) is 11.2 Å². The summed E-state index contributed by atoms with van der Waals surface area (Å²) in [5, 5.41) is 0.0541. The summed E-state index contributed by atoms with van der Waals surface area (Å²) >= 11 is 1.74. The molecule has 4 rings (SSSR count). The molecule has 0 radical (unpaired) electrons. The van der Waals surface area contributed by atoms with E-state index in [1.807, 2.05) is 0 Å². The van der Waals surface area contributed by atoms with Crippen molar-refractivity contribution in [3.05, 3.63) is 65.2 Å². The summed E-state index contributed by atoms with van der Waals surface area (Å²) in [6.07, 6.45) is 3.06. The van der Waals surface area contributed by atoms with Crippen LogP contribution in [-0.4, -0.2) is 22.6 Å². The lowest BCUT2D eigenvalue weighted by molar-refractivity contribution is -0.131. The Labute approximate surface area is 141 Å². The minimum Gasteiger partial charge on any atom is -0.335 e. The molecule has 2 atom stereocenters. The maximum absolute atomic E-state index is 13.1. The molecule has 0 spiro atoms. The molecule has 1 fully saturated rings. The Kier molecular flexibility index (Phi) is 3.90. The number of hydrogen-bond acceptors (Lipinski definition) is 2. The Morgan fingerprint density at radius 3 is 2.70 bits per heavy atom. The van der Waals surface area contributed by atoms with Gasteiger partial charge in [0.15, 0.2) is 0 Å². The van der Waals surface area contributed by atoms with Crippen LogP contribution in [0.3, 0.4) is 0 Å². The van der Waals surface area contributed by atoms with Crippen LogP contribution in [0.4, 0.5) is 0 Å². The molecule has 2 heterocycles. The molecule has 3 heteroatoms. The van der Waals surface area contributed by atoms with E-state index in [1.165, 1.54) is 21.6 Å². The van der Waals surface area contributed by atoms with Gasteiger partial charge in [0.05, 0.1) is 11.3 Å². The molecule has 0 aromatic heterocycles. The first kappa shape index (κ1) is 14.8. The molecule has 2 aromatic rings. The highest BCUT2D eigenvalue weighted by Crippen LogP contribution is 2.40. The fourth-order valence-corrected chi connectivity index (χ4v) is 4.94. The van der Waals surface area contributed by atoms with E-state index in [-0.39, 0.29) is 11.3 Å². The summed E-state index contributed by atoms with van der Waals surface area (Å²) in [5.41, 5.74) is 3.87. The first-order chi connectivity index (χ1) is 11.2. The second-order valence-electron chi connectivity index (χ2n) is 6.52. The van der Waals surface area contributed by atoms with Crippen LogP contribution in [0.15, 0.2) is 53.4 Å². The number of hydrogen-bond donors (Lipinski definition) is 0. The molecular weight excluding hydrogens is 302 g/mol. The molecule has 0 N–H and O–H groups in total. The van der Waals surface area contributed by atoms with Crippen LogP contribution >= 0.6 is 11.8 Å². The number of thioether (sulfide) groups is 1. The summed E-state index contributed by atoms with van der Waals surface area (Å²) in [6, 6.07) is 17.3. The number of fused-ring (bicyclic) bond motifs is 1. The lowest BCUT2D eigenvalue weighted by atomic mass is 10.0. The largest absolute Gasteiger partial charge is 0.335 e. The highest BCUT2D eigenvalue weighted by molar-refractivity contribution is 8.01. The number of carbonyl (C=O) groups excluding carboxylic acids is 1. The van der Waals surface area contributed by atoms with Gasteiger partial charge in [-0.25, -0.2) is 0 Å². The zero-order chi connectivity index (χ0) is 15.8. The Morgan fingerprint density at radius 1 is 1.13 bits per heavy atom. The third-order valence-electron chi connectivity index (χ3n) is 4.92. The molecule has 2 aliphatic rings. The smallest absolute Gasteiger partial charge is 0.236 e. The summed E-state index contributed by atoms with van der Waals surface area (Å²) in [7, 11) is 0. The van der Waals surface area contributed by atoms with Gasteiger partial charge in [-0.2, -0.15) is 0 Å². The van der Waals surface area contributed by atoms with Crippen molar-refractivity contribution in [3.8, 4) is 0 Å². The minimum absolute atomic E-state index is 0.0541. The number of carbonyl (C=O) groups is 1. The zero-order valence-corrected chi connectivity index (χ0v) is 14.2. The Hall–Kier alpha value is -1.74. The van der Waals surface area contributed by atoms with Crippen molar-refractivity contribution in [2.75, 3.05) is 6.54 Å². The van der Waals surface area contributed by atoms with E-state index in [2.05, 4.69) is 60.4 Å². The maximum atomic E-state index is 13.1. The Morgan fingerprint density at radius 2 is 1.91 bits per heavy atom. The normalized spacial score (nSPS) is 23.1. The van der Waals surface area contributed by atoms with Crippen LogP contribution in [0, 0.1) is 6.92 Å². The number of amides is 1. The topological polar surface area (TPSA) is 20.3 Å². The van der Waals surface area contributed by atoms with Crippen LogP contribution < -0.4 is 0 Å². The molecule has 2 nitrogen and oxygen atoms in total. The lowest BCUT2D eigenvalue weighted by Crippen LogP contribution is -2.37. The van der Waals surface area contributed by atoms with E-state index in [4.69, 9.17) is 0 Å². The third kappa shape index (κ3) is 2.78. The quantitative estimate of drug-likeness (QED) is 0.817. The third-order valence-corrected chi connectivity index (χ3v) is 6.23. The van der Waals surface area contributed by atoms with Crippen LogP contribution in [0.5, 0.6) is 0 Å². The summed E-state index contributed by atoms with van der Waals surface area (Å²) in [5.74, 6) is 0.314. The van der Waals surface area contributed by atoms with Gasteiger partial charge < -0.3 is 4.90 Å². The Bertz CT molecular complexity index is 700. The van der Waals surface area contributed by atoms with Crippen molar-refractivity contribution < 1.29 is 4.79 Å². The van der Waals surface area contributed by atoms with Crippen LogP contribution in [0.25, 0.3) is 0 Å². The number of rotatable bonds is 2. The highest BCUT2D eigenvalue weighted by Gasteiger charge is 2.36. The van der Waals surface area contributed by atoms with Crippen molar-refractivity contribution >= 4 is 17.7 Å². The van der Waals surface area contributed by atoms with Crippen molar-refractivity contribution in [3.63, 3.8) is 0 Å². The average molecular weight is 323 g/mol. The SMILES string of the molecule is Cc1ccc(C2CCCN2C(=O)C2Cc3ccccc3S2)cc1.